The minimum atomic E-state index is -3.47. The molecule has 1 aliphatic carbocycles. The molecule has 0 bridgehead atoms. The Morgan fingerprint density at radius 1 is 1.33 bits per heavy atom. The summed E-state index contributed by atoms with van der Waals surface area (Å²) in [6, 6.07) is 0.0173. The first-order valence-corrected chi connectivity index (χ1v) is 9.26. The molecule has 6 nitrogen and oxygen atoms in total. The molecule has 1 saturated heterocycles. The van der Waals surface area contributed by atoms with Gasteiger partial charge in [-0.15, -0.1) is 0 Å². The molecule has 118 valence electrons. The average molecular weight is 312 g/mol. The maximum atomic E-state index is 12.5. The molecule has 1 aromatic heterocycles. The number of piperidine rings is 1. The van der Waals surface area contributed by atoms with Crippen LogP contribution in [0.15, 0.2) is 11.1 Å². The number of aryl methyl sites for hydroxylation is 1. The Hall–Kier alpha value is -0.920. The minimum Gasteiger partial charge on any atom is -0.311 e. The van der Waals surface area contributed by atoms with Gasteiger partial charge in [-0.1, -0.05) is 19.3 Å². The smallest absolute Gasteiger partial charge is 0.244 e. The second-order valence-corrected chi connectivity index (χ2v) is 8.12. The molecule has 0 aromatic carbocycles. The minimum absolute atomic E-state index is 0.0173. The van der Waals surface area contributed by atoms with E-state index in [0.29, 0.717) is 5.69 Å². The van der Waals surface area contributed by atoms with Gasteiger partial charge in [0.25, 0.3) is 0 Å². The lowest BCUT2D eigenvalue weighted by Gasteiger charge is -2.44. The molecule has 21 heavy (non-hydrogen) atoms. The van der Waals surface area contributed by atoms with Crippen molar-refractivity contribution in [2.24, 2.45) is 0 Å². The molecule has 2 fully saturated rings. The van der Waals surface area contributed by atoms with E-state index in [1.807, 2.05) is 0 Å². The van der Waals surface area contributed by atoms with Crippen LogP contribution in [0.1, 0.15) is 50.6 Å². The van der Waals surface area contributed by atoms with Crippen LogP contribution < -0.4 is 10.0 Å². The molecule has 1 saturated carbocycles. The summed E-state index contributed by atoms with van der Waals surface area (Å²) in [5.41, 5.74) is 0.735. The summed E-state index contributed by atoms with van der Waals surface area (Å²) >= 11 is 0. The van der Waals surface area contributed by atoms with Crippen LogP contribution >= 0.6 is 0 Å². The molecule has 0 radical (unpaired) electrons. The van der Waals surface area contributed by atoms with E-state index >= 15 is 0 Å². The van der Waals surface area contributed by atoms with Crippen molar-refractivity contribution in [3.8, 4) is 0 Å². The van der Waals surface area contributed by atoms with Gasteiger partial charge in [-0.25, -0.2) is 13.1 Å². The molecule has 7 heteroatoms. The van der Waals surface area contributed by atoms with Gasteiger partial charge in [-0.3, -0.25) is 5.10 Å². The summed E-state index contributed by atoms with van der Waals surface area (Å²) in [5, 5.41) is 10.1. The van der Waals surface area contributed by atoms with Gasteiger partial charge in [0.1, 0.15) is 4.90 Å². The average Bonchev–Trinajstić information content (AvgIpc) is 2.86. The molecule has 1 atom stereocenters. The quantitative estimate of drug-likeness (QED) is 0.788. The van der Waals surface area contributed by atoms with Crippen LogP contribution in [-0.4, -0.2) is 36.7 Å². The zero-order valence-corrected chi connectivity index (χ0v) is 13.3. The predicted octanol–water partition coefficient (Wildman–Crippen LogP) is 1.45. The molecule has 2 aliphatic rings. The summed E-state index contributed by atoms with van der Waals surface area (Å²) < 4.78 is 27.8. The number of nitrogens with one attached hydrogen (secondary N) is 3. The van der Waals surface area contributed by atoms with Gasteiger partial charge in [0.2, 0.25) is 10.0 Å². The maximum Gasteiger partial charge on any atom is 0.244 e. The first kappa shape index (κ1) is 15.0. The molecular weight excluding hydrogens is 288 g/mol. The highest BCUT2D eigenvalue weighted by atomic mass is 32.2. The largest absolute Gasteiger partial charge is 0.311 e. The Morgan fingerprint density at radius 3 is 2.76 bits per heavy atom. The Kier molecular flexibility index (Phi) is 4.07. The highest BCUT2D eigenvalue weighted by Gasteiger charge is 2.38. The van der Waals surface area contributed by atoms with Crippen LogP contribution in [0, 0.1) is 6.92 Å². The molecule has 1 spiro atoms. The van der Waals surface area contributed by atoms with Crippen molar-refractivity contribution in [2.45, 2.75) is 68.3 Å². The molecule has 1 unspecified atom stereocenters. The lowest BCUT2D eigenvalue weighted by atomic mass is 9.75. The third-order valence-electron chi connectivity index (χ3n) is 4.84. The van der Waals surface area contributed by atoms with Crippen LogP contribution in [0.4, 0.5) is 0 Å². The second kappa shape index (κ2) is 5.70. The summed E-state index contributed by atoms with van der Waals surface area (Å²) in [5.74, 6) is 0. The van der Waals surface area contributed by atoms with Crippen LogP contribution in [-0.2, 0) is 10.0 Å². The van der Waals surface area contributed by atoms with E-state index in [9.17, 15) is 8.42 Å². The third-order valence-corrected chi connectivity index (χ3v) is 6.47. The Labute approximate surface area is 126 Å². The van der Waals surface area contributed by atoms with Crippen molar-refractivity contribution >= 4 is 10.0 Å². The highest BCUT2D eigenvalue weighted by Crippen LogP contribution is 2.35. The lowest BCUT2D eigenvalue weighted by molar-refractivity contribution is 0.165. The standard InChI is InChI=1S/C14H24N4O2S/c1-11-13(10-16-17-11)21(19,20)18-12-5-8-15-14(9-12)6-3-2-4-7-14/h10,12,15,18H,2-9H2,1H3,(H,16,17). The van der Waals surface area contributed by atoms with Crippen LogP contribution in [0.3, 0.4) is 0 Å². The number of rotatable bonds is 3. The summed E-state index contributed by atoms with van der Waals surface area (Å²) in [6.07, 6.45) is 9.23. The van der Waals surface area contributed by atoms with Gasteiger partial charge in [0.15, 0.2) is 0 Å². The fourth-order valence-electron chi connectivity index (χ4n) is 3.76. The molecule has 3 rings (SSSR count). The van der Waals surface area contributed by atoms with Crippen LogP contribution in [0.5, 0.6) is 0 Å². The molecule has 1 aromatic rings. The van der Waals surface area contributed by atoms with Gasteiger partial charge in [-0.05, 0) is 39.2 Å². The van der Waals surface area contributed by atoms with Crippen molar-refractivity contribution in [1.82, 2.24) is 20.2 Å². The zero-order valence-electron chi connectivity index (χ0n) is 12.5. The number of nitrogens with zero attached hydrogens (tertiary/aromatic N) is 1. The molecule has 3 N–H and O–H groups in total. The van der Waals surface area contributed by atoms with Crippen molar-refractivity contribution < 1.29 is 8.42 Å². The highest BCUT2D eigenvalue weighted by molar-refractivity contribution is 7.89. The van der Waals surface area contributed by atoms with Crippen molar-refractivity contribution in [2.75, 3.05) is 6.54 Å². The predicted molar refractivity (Wildman–Crippen MR) is 80.5 cm³/mol. The normalized spacial score (nSPS) is 26.0. The summed E-state index contributed by atoms with van der Waals surface area (Å²) in [6.45, 7) is 2.62. The number of H-pyrrole nitrogens is 1. The van der Waals surface area contributed by atoms with Gasteiger partial charge >= 0.3 is 0 Å². The van der Waals surface area contributed by atoms with E-state index < -0.39 is 10.0 Å². The molecule has 0 amide bonds. The molecule has 1 aliphatic heterocycles. The first-order valence-electron chi connectivity index (χ1n) is 7.78. The van der Waals surface area contributed by atoms with Crippen molar-refractivity contribution in [3.63, 3.8) is 0 Å². The lowest BCUT2D eigenvalue weighted by Crippen LogP contribution is -2.57. The van der Waals surface area contributed by atoms with Gasteiger partial charge < -0.3 is 5.32 Å². The first-order chi connectivity index (χ1) is 10.0. The van der Waals surface area contributed by atoms with Crippen molar-refractivity contribution in [3.05, 3.63) is 11.9 Å². The molecular formula is C14H24N4O2S. The number of hydrogen-bond acceptors (Lipinski definition) is 4. The number of hydrogen-bond donors (Lipinski definition) is 3. The van der Waals surface area contributed by atoms with E-state index in [2.05, 4.69) is 20.2 Å². The fraction of sp³-hybridized carbons (Fsp3) is 0.786. The van der Waals surface area contributed by atoms with Crippen LogP contribution in [0.25, 0.3) is 0 Å². The monoisotopic (exact) mass is 312 g/mol. The summed E-state index contributed by atoms with van der Waals surface area (Å²) in [7, 11) is -3.47. The van der Waals surface area contributed by atoms with Crippen molar-refractivity contribution in [1.29, 1.82) is 0 Å². The van der Waals surface area contributed by atoms with Gasteiger partial charge in [0.05, 0.1) is 11.9 Å². The number of sulfonamides is 1. The SMILES string of the molecule is Cc1[nH]ncc1S(=O)(=O)NC1CCNC2(CCCCC2)C1. The van der Waals surface area contributed by atoms with E-state index in [1.54, 1.807) is 6.92 Å². The third kappa shape index (κ3) is 3.14. The van der Waals surface area contributed by atoms with E-state index in [1.165, 1.54) is 25.5 Å². The maximum absolute atomic E-state index is 12.5. The van der Waals surface area contributed by atoms with Gasteiger partial charge in [-0.2, -0.15) is 5.10 Å². The van der Waals surface area contributed by atoms with E-state index in [-0.39, 0.29) is 16.5 Å². The Bertz CT molecular complexity index is 584. The number of aromatic nitrogens is 2. The molecule has 2 heterocycles. The zero-order chi connectivity index (χ0) is 14.9. The fourth-order valence-corrected chi connectivity index (χ4v) is 5.17. The number of aromatic amines is 1. The summed E-state index contributed by atoms with van der Waals surface area (Å²) in [4.78, 5) is 0.263. The Morgan fingerprint density at radius 2 is 2.10 bits per heavy atom. The van der Waals surface area contributed by atoms with E-state index in [0.717, 1.165) is 32.2 Å². The van der Waals surface area contributed by atoms with Gasteiger partial charge in [0, 0.05) is 11.6 Å². The topological polar surface area (TPSA) is 86.9 Å². The van der Waals surface area contributed by atoms with Crippen LogP contribution in [0.2, 0.25) is 0 Å². The Balaban J connectivity index is 1.71. The second-order valence-electron chi connectivity index (χ2n) is 6.44. The van der Waals surface area contributed by atoms with E-state index in [4.69, 9.17) is 0 Å².